The number of unbranched alkanes of at least 4 members (excludes halogenated alkanes) is 11. The largest absolute Gasteiger partial charge is 0.463 e. The summed E-state index contributed by atoms with van der Waals surface area (Å²) >= 11 is 0. The van der Waals surface area contributed by atoms with Crippen molar-refractivity contribution < 1.29 is 120 Å². The fourth-order valence-corrected chi connectivity index (χ4v) is 8.10. The topological polar surface area (TPSA) is 272 Å². The van der Waals surface area contributed by atoms with E-state index in [9.17, 15) is 20.1 Å². The van der Waals surface area contributed by atoms with Crippen molar-refractivity contribution in [3.63, 3.8) is 0 Å². The zero-order chi connectivity index (χ0) is 62.5. The van der Waals surface area contributed by atoms with Crippen LogP contribution in [-0.4, -0.2) is 310 Å². The van der Waals surface area contributed by atoms with Crippen molar-refractivity contribution in [1.82, 2.24) is 0 Å². The summed E-state index contributed by atoms with van der Waals surface area (Å²) < 4.78 is 115. The van der Waals surface area contributed by atoms with Gasteiger partial charge in [0.15, 0.2) is 0 Å². The average molecular weight is 1270 g/mol. The zero-order valence-electron chi connectivity index (χ0n) is 53.9. The molecule has 25 nitrogen and oxygen atoms in total. The van der Waals surface area contributed by atoms with Crippen molar-refractivity contribution in [3.8, 4) is 0 Å². The third-order valence-electron chi connectivity index (χ3n) is 13.0. The van der Waals surface area contributed by atoms with E-state index in [4.69, 9.17) is 99.5 Å². The summed E-state index contributed by atoms with van der Waals surface area (Å²) in [6.45, 7) is 21.7. The number of carbonyl (C=O) groups excluding carboxylic acids is 1. The molecule has 1 fully saturated rings. The Morgan fingerprint density at radius 2 is 0.552 bits per heavy atom. The van der Waals surface area contributed by atoms with Crippen LogP contribution in [0.4, 0.5) is 0 Å². The summed E-state index contributed by atoms with van der Waals surface area (Å²) in [5, 5.41) is 29.2. The molecule has 1 rings (SSSR count). The minimum atomic E-state index is -1.12. The van der Waals surface area contributed by atoms with E-state index in [-0.39, 0.29) is 32.4 Å². The molecule has 0 spiro atoms. The van der Waals surface area contributed by atoms with Gasteiger partial charge >= 0.3 is 5.97 Å². The zero-order valence-corrected chi connectivity index (χ0v) is 53.9. The third-order valence-corrected chi connectivity index (χ3v) is 13.0. The monoisotopic (exact) mass is 1270 g/mol. The van der Waals surface area contributed by atoms with Gasteiger partial charge in [0.2, 0.25) is 0 Å². The number of hydrogen-bond donors (Lipinski definition) is 3. The molecule has 0 saturated carbocycles. The van der Waals surface area contributed by atoms with E-state index >= 15 is 0 Å². The van der Waals surface area contributed by atoms with Crippen LogP contribution in [0.3, 0.4) is 0 Å². The van der Waals surface area contributed by atoms with Crippen LogP contribution in [0.25, 0.3) is 0 Å². The Balaban J connectivity index is 1.61. The molecule has 1 heterocycles. The van der Waals surface area contributed by atoms with Gasteiger partial charge in [0.25, 0.3) is 0 Å². The maximum atomic E-state index is 12.0. The summed E-state index contributed by atoms with van der Waals surface area (Å²) in [7, 11) is 0. The second-order valence-electron chi connectivity index (χ2n) is 20.9. The summed E-state index contributed by atoms with van der Waals surface area (Å²) in [5.74, 6) is 0.698. The fourth-order valence-electron chi connectivity index (χ4n) is 8.10. The van der Waals surface area contributed by atoms with Crippen molar-refractivity contribution in [2.45, 2.75) is 128 Å². The molecule has 0 radical (unpaired) electrons. The Bertz CT molecular complexity index is 1330. The van der Waals surface area contributed by atoms with Gasteiger partial charge in [-0.3, -0.25) is 4.79 Å². The lowest BCUT2D eigenvalue weighted by atomic mass is 10.0. The van der Waals surface area contributed by atoms with Gasteiger partial charge in [-0.15, -0.1) is 0 Å². The second kappa shape index (κ2) is 70.4. The third kappa shape index (κ3) is 64.5. The van der Waals surface area contributed by atoms with Gasteiger partial charge in [0.05, 0.1) is 258 Å². The minimum absolute atomic E-state index is 0.00659. The Labute approximate surface area is 522 Å². The molecule has 1 aliphatic rings. The van der Waals surface area contributed by atoms with Crippen molar-refractivity contribution >= 4 is 5.97 Å². The van der Waals surface area contributed by atoms with Crippen molar-refractivity contribution in [3.05, 3.63) is 0 Å². The van der Waals surface area contributed by atoms with Crippen LogP contribution in [0.1, 0.15) is 104 Å². The van der Waals surface area contributed by atoms with E-state index in [0.717, 1.165) is 18.8 Å². The molecule has 0 aromatic heterocycles. The van der Waals surface area contributed by atoms with Crippen LogP contribution in [0, 0.1) is 5.92 Å². The number of hydrogen-bond acceptors (Lipinski definition) is 25. The molecule has 0 aromatic rings. The maximum Gasteiger partial charge on any atom is 0.305 e. The quantitative estimate of drug-likeness (QED) is 0.0561. The molecule has 520 valence electrons. The molecule has 0 bridgehead atoms. The highest BCUT2D eigenvalue weighted by Crippen LogP contribution is 2.18. The van der Waals surface area contributed by atoms with Gasteiger partial charge in [-0.1, -0.05) is 90.9 Å². The van der Waals surface area contributed by atoms with Crippen LogP contribution in [0.15, 0.2) is 0 Å². The van der Waals surface area contributed by atoms with E-state index in [1.54, 1.807) is 0 Å². The summed E-state index contributed by atoms with van der Waals surface area (Å²) in [5.41, 5.74) is 0. The summed E-state index contributed by atoms with van der Waals surface area (Å²) in [6, 6.07) is 0. The normalized spacial score (nSPS) is 15.6. The Hall–Kier alpha value is -1.45. The van der Waals surface area contributed by atoms with E-state index in [2.05, 4.69) is 13.8 Å². The van der Waals surface area contributed by atoms with E-state index in [1.165, 1.54) is 70.6 Å². The number of rotatable bonds is 75. The molecule has 1 aliphatic heterocycles. The molecule has 25 heteroatoms. The maximum absolute atomic E-state index is 12.0. The molecule has 0 unspecified atom stereocenters. The van der Waals surface area contributed by atoms with Gasteiger partial charge in [-0.25, -0.2) is 0 Å². The predicted octanol–water partition coefficient (Wildman–Crippen LogP) is 4.44. The van der Waals surface area contributed by atoms with Gasteiger partial charge in [-0.2, -0.15) is 0 Å². The van der Waals surface area contributed by atoms with E-state index in [1.807, 2.05) is 0 Å². The highest BCUT2D eigenvalue weighted by atomic mass is 16.6. The molecule has 0 aromatic carbocycles. The van der Waals surface area contributed by atoms with Gasteiger partial charge in [-0.05, 0) is 12.3 Å². The van der Waals surface area contributed by atoms with Crippen molar-refractivity contribution in [2.75, 3.05) is 264 Å². The summed E-state index contributed by atoms with van der Waals surface area (Å²) in [4.78, 5) is 12.0. The van der Waals surface area contributed by atoms with Crippen LogP contribution >= 0.6 is 0 Å². The van der Waals surface area contributed by atoms with Gasteiger partial charge in [0, 0.05) is 6.42 Å². The number of esters is 1. The molecule has 0 aliphatic carbocycles. The lowest BCUT2D eigenvalue weighted by molar-refractivity contribution is -0.145. The van der Waals surface area contributed by atoms with Crippen LogP contribution < -0.4 is 0 Å². The molecule has 4 atom stereocenters. The number of carbonyl (C=O) groups is 1. The Kier molecular flexibility index (Phi) is 67.6. The Morgan fingerprint density at radius 1 is 0.333 bits per heavy atom. The Morgan fingerprint density at radius 3 is 0.782 bits per heavy atom. The lowest BCUT2D eigenvalue weighted by Crippen LogP contribution is -2.41. The van der Waals surface area contributed by atoms with Crippen LogP contribution in [0.5, 0.6) is 0 Å². The molecule has 3 N–H and O–H groups in total. The van der Waals surface area contributed by atoms with Crippen molar-refractivity contribution in [1.29, 1.82) is 0 Å². The first kappa shape index (κ1) is 83.6. The first-order valence-corrected chi connectivity index (χ1v) is 32.7. The van der Waals surface area contributed by atoms with E-state index in [0.29, 0.717) is 244 Å². The first-order valence-electron chi connectivity index (χ1n) is 32.7. The first-order chi connectivity index (χ1) is 42.9. The predicted molar refractivity (Wildman–Crippen MR) is 324 cm³/mol. The SMILES string of the molecule is CC(C)CCCCCCCCCCCCCCC(=O)OCCOCCOCCOCCOCCOCCOCCOCCOCCOCCOCCOCCOCCOCCOCCOCCOCCOCCOCCOC[C@@H](O)[C@H]1OC[C@H](O)[C@H]1O. The van der Waals surface area contributed by atoms with Gasteiger partial charge < -0.3 is 115 Å². The van der Waals surface area contributed by atoms with E-state index < -0.39 is 24.4 Å². The standard InChI is InChI=1S/C62H122O25/c1-57(2)15-13-11-9-7-5-3-4-6-8-10-12-14-16-60(65)86-54-53-84-50-49-82-46-45-80-42-41-78-38-37-76-34-33-74-30-29-72-26-25-70-22-21-68-18-17-67-19-20-69-23-24-71-27-28-73-31-32-75-35-36-77-39-40-79-43-44-81-47-48-83-51-52-85-55-59(64)62-61(66)58(63)56-87-62/h57-59,61-64,66H,3-56H2,1-2H3/t58-,59+,61+,62+/m0/s1. The molecular formula is C62H122O25. The fraction of sp³-hybridized carbons (Fsp3) is 0.984. The smallest absolute Gasteiger partial charge is 0.305 e. The van der Waals surface area contributed by atoms with Crippen LogP contribution in [0.2, 0.25) is 0 Å². The summed E-state index contributed by atoms with van der Waals surface area (Å²) in [6.07, 6.45) is 13.3. The van der Waals surface area contributed by atoms with Crippen molar-refractivity contribution in [2.24, 2.45) is 5.92 Å². The van der Waals surface area contributed by atoms with Gasteiger partial charge in [0.1, 0.15) is 31.0 Å². The molecular weight excluding hydrogens is 1140 g/mol. The number of ether oxygens (including phenoxy) is 21. The lowest BCUT2D eigenvalue weighted by Gasteiger charge is -2.20. The molecule has 0 amide bonds. The second-order valence-corrected chi connectivity index (χ2v) is 20.9. The molecule has 87 heavy (non-hydrogen) atoms. The number of aliphatic hydroxyl groups is 3. The highest BCUT2D eigenvalue weighted by Gasteiger charge is 2.39. The minimum Gasteiger partial charge on any atom is -0.463 e. The molecule has 1 saturated heterocycles. The van der Waals surface area contributed by atoms with Crippen LogP contribution in [-0.2, 0) is 104 Å². The highest BCUT2D eigenvalue weighted by molar-refractivity contribution is 5.69. The number of aliphatic hydroxyl groups excluding tert-OH is 3. The average Bonchev–Trinajstić information content (AvgIpc) is 4.14.